The highest BCUT2D eigenvalue weighted by Gasteiger charge is 2.18. The normalized spacial score (nSPS) is 10.7. The Hall–Kier alpha value is -1.83. The second-order valence-electron chi connectivity index (χ2n) is 4.63. The molecule has 0 radical (unpaired) electrons. The summed E-state index contributed by atoms with van der Waals surface area (Å²) >= 11 is 1.28. The summed E-state index contributed by atoms with van der Waals surface area (Å²) in [6.07, 6.45) is 0.324. The second-order valence-corrected chi connectivity index (χ2v) is 5.58. The fourth-order valence-electron chi connectivity index (χ4n) is 2.01. The molecule has 2 aromatic rings. The molecule has 2 rings (SSSR count). The molecular weight excluding hydrogens is 307 g/mol. The van der Waals surface area contributed by atoms with Crippen molar-refractivity contribution in [2.45, 2.75) is 6.42 Å². The third-order valence-electron chi connectivity index (χ3n) is 3.10. The van der Waals surface area contributed by atoms with E-state index in [-0.39, 0.29) is 43.7 Å². The molecule has 0 aliphatic rings. The Morgan fingerprint density at radius 2 is 1.91 bits per heavy atom. The van der Waals surface area contributed by atoms with E-state index in [1.165, 1.54) is 22.3 Å². The molecule has 0 bridgehead atoms. The predicted octanol–water partition coefficient (Wildman–Crippen LogP) is 1.30. The summed E-state index contributed by atoms with van der Waals surface area (Å²) < 4.78 is 13.6. The number of rotatable bonds is 7. The van der Waals surface area contributed by atoms with E-state index in [0.717, 1.165) is 0 Å². The molecule has 0 spiro atoms. The minimum atomic E-state index is -0.348. The van der Waals surface area contributed by atoms with Crippen LogP contribution in [0.3, 0.4) is 0 Å². The summed E-state index contributed by atoms with van der Waals surface area (Å²) in [5.74, 6) is -0.646. The van der Waals surface area contributed by atoms with E-state index in [9.17, 15) is 9.18 Å². The van der Waals surface area contributed by atoms with Gasteiger partial charge in [0.15, 0.2) is 0 Å². The van der Waals surface area contributed by atoms with Gasteiger partial charge in [0.05, 0.1) is 18.2 Å². The number of carbonyl (C=O) groups is 1. The summed E-state index contributed by atoms with van der Waals surface area (Å²) in [6.45, 7) is -0.0882. The van der Waals surface area contributed by atoms with Crippen molar-refractivity contribution >= 4 is 17.2 Å². The van der Waals surface area contributed by atoms with Crippen LogP contribution in [0.15, 0.2) is 29.6 Å². The Labute approximate surface area is 131 Å². The maximum atomic E-state index is 13.6. The number of aliphatic hydroxyl groups is 2. The first kappa shape index (κ1) is 16.5. The average Bonchev–Trinajstić information content (AvgIpc) is 2.97. The van der Waals surface area contributed by atoms with E-state index in [4.69, 9.17) is 10.2 Å². The van der Waals surface area contributed by atoms with Gasteiger partial charge >= 0.3 is 0 Å². The molecule has 5 nitrogen and oxygen atoms in total. The quantitative estimate of drug-likeness (QED) is 0.805. The van der Waals surface area contributed by atoms with Gasteiger partial charge in [-0.05, 0) is 11.6 Å². The van der Waals surface area contributed by atoms with Crippen LogP contribution in [0.1, 0.15) is 21.1 Å². The van der Waals surface area contributed by atoms with Gasteiger partial charge in [0.2, 0.25) is 0 Å². The number of hydrogen-bond donors (Lipinski definition) is 2. The Morgan fingerprint density at radius 1 is 1.23 bits per heavy atom. The summed E-state index contributed by atoms with van der Waals surface area (Å²) in [7, 11) is 0. The molecule has 0 fully saturated rings. The molecule has 0 atom stereocenters. The maximum absolute atomic E-state index is 13.6. The maximum Gasteiger partial charge on any atom is 0.273 e. The highest BCUT2D eigenvalue weighted by Crippen LogP contribution is 2.18. The molecule has 22 heavy (non-hydrogen) atoms. The lowest BCUT2D eigenvalue weighted by Crippen LogP contribution is -2.36. The number of nitrogens with zero attached hydrogens (tertiary/aromatic N) is 2. The number of benzene rings is 1. The zero-order valence-electron chi connectivity index (χ0n) is 11.9. The summed E-state index contributed by atoms with van der Waals surface area (Å²) in [5, 5.41) is 20.2. The van der Waals surface area contributed by atoms with Crippen molar-refractivity contribution in [3.05, 3.63) is 51.7 Å². The van der Waals surface area contributed by atoms with Gasteiger partial charge < -0.3 is 15.1 Å². The Balaban J connectivity index is 2.10. The lowest BCUT2D eigenvalue weighted by Gasteiger charge is -2.19. The van der Waals surface area contributed by atoms with E-state index in [1.54, 1.807) is 23.6 Å². The van der Waals surface area contributed by atoms with Crippen LogP contribution < -0.4 is 0 Å². The summed E-state index contributed by atoms with van der Waals surface area (Å²) in [4.78, 5) is 17.8. The first-order valence-electron chi connectivity index (χ1n) is 6.84. The molecule has 0 aliphatic heterocycles. The van der Waals surface area contributed by atoms with Gasteiger partial charge in [-0.2, -0.15) is 0 Å². The molecule has 0 aliphatic carbocycles. The van der Waals surface area contributed by atoms with Crippen molar-refractivity contribution < 1.29 is 19.4 Å². The van der Waals surface area contributed by atoms with E-state index < -0.39 is 0 Å². The summed E-state index contributed by atoms with van der Waals surface area (Å²) in [6, 6.07) is 6.45. The van der Waals surface area contributed by atoms with Crippen LogP contribution in [0.2, 0.25) is 0 Å². The highest BCUT2D eigenvalue weighted by molar-refractivity contribution is 7.09. The largest absolute Gasteiger partial charge is 0.395 e. The van der Waals surface area contributed by atoms with Gasteiger partial charge in [-0.3, -0.25) is 4.79 Å². The smallest absolute Gasteiger partial charge is 0.273 e. The fraction of sp³-hybridized carbons (Fsp3) is 0.333. The molecule has 1 aromatic heterocycles. The van der Waals surface area contributed by atoms with Gasteiger partial charge in [0.1, 0.15) is 11.5 Å². The molecule has 7 heteroatoms. The van der Waals surface area contributed by atoms with Crippen LogP contribution >= 0.6 is 11.3 Å². The molecule has 0 saturated heterocycles. The SMILES string of the molecule is O=C(c1csc(Cc2ccccc2F)n1)N(CCO)CCO. The topological polar surface area (TPSA) is 73.7 Å². The van der Waals surface area contributed by atoms with Crippen molar-refractivity contribution in [2.75, 3.05) is 26.3 Å². The van der Waals surface area contributed by atoms with Crippen molar-refractivity contribution in [1.29, 1.82) is 0 Å². The zero-order chi connectivity index (χ0) is 15.9. The zero-order valence-corrected chi connectivity index (χ0v) is 12.7. The Bertz CT molecular complexity index is 627. The number of thiazole rings is 1. The molecule has 0 saturated carbocycles. The van der Waals surface area contributed by atoms with Gasteiger partial charge in [-0.25, -0.2) is 9.37 Å². The molecular formula is C15H17FN2O3S. The molecule has 1 amide bonds. The van der Waals surface area contributed by atoms with Crippen molar-refractivity contribution in [3.8, 4) is 0 Å². The number of carbonyl (C=O) groups excluding carboxylic acids is 1. The number of aliphatic hydroxyl groups excluding tert-OH is 2. The van der Waals surface area contributed by atoms with Crippen LogP contribution in [-0.4, -0.2) is 52.3 Å². The highest BCUT2D eigenvalue weighted by atomic mass is 32.1. The minimum Gasteiger partial charge on any atom is -0.395 e. The fourth-order valence-corrected chi connectivity index (χ4v) is 2.80. The lowest BCUT2D eigenvalue weighted by atomic mass is 10.1. The Morgan fingerprint density at radius 3 is 2.55 bits per heavy atom. The van der Waals surface area contributed by atoms with E-state index in [0.29, 0.717) is 17.0 Å². The Kier molecular flexibility index (Phi) is 6.00. The molecule has 118 valence electrons. The van der Waals surface area contributed by atoms with Crippen LogP contribution in [0.4, 0.5) is 4.39 Å². The van der Waals surface area contributed by atoms with E-state index in [2.05, 4.69) is 4.98 Å². The van der Waals surface area contributed by atoms with Gasteiger partial charge in [-0.1, -0.05) is 18.2 Å². The molecule has 2 N–H and O–H groups in total. The number of aromatic nitrogens is 1. The standard InChI is InChI=1S/C15H17FN2O3S/c16-12-4-2-1-3-11(12)9-14-17-13(10-22-14)15(21)18(5-7-19)6-8-20/h1-4,10,19-20H,5-9H2. The average molecular weight is 324 g/mol. The van der Waals surface area contributed by atoms with Crippen LogP contribution in [0, 0.1) is 5.82 Å². The lowest BCUT2D eigenvalue weighted by molar-refractivity contribution is 0.0679. The third-order valence-corrected chi connectivity index (χ3v) is 3.95. The van der Waals surface area contributed by atoms with Crippen molar-refractivity contribution in [3.63, 3.8) is 0 Å². The predicted molar refractivity (Wildman–Crippen MR) is 81.4 cm³/mol. The van der Waals surface area contributed by atoms with Gasteiger partial charge in [-0.15, -0.1) is 11.3 Å². The van der Waals surface area contributed by atoms with E-state index in [1.807, 2.05) is 0 Å². The molecule has 0 unspecified atom stereocenters. The second kappa shape index (κ2) is 7.98. The first-order chi connectivity index (χ1) is 10.7. The summed E-state index contributed by atoms with van der Waals surface area (Å²) in [5.41, 5.74) is 0.775. The van der Waals surface area contributed by atoms with Gasteiger partial charge in [0, 0.05) is 24.9 Å². The number of halogens is 1. The van der Waals surface area contributed by atoms with Crippen LogP contribution in [-0.2, 0) is 6.42 Å². The number of amides is 1. The monoisotopic (exact) mass is 324 g/mol. The van der Waals surface area contributed by atoms with Gasteiger partial charge in [0.25, 0.3) is 5.91 Å². The van der Waals surface area contributed by atoms with E-state index >= 15 is 0 Å². The molecule has 1 aromatic carbocycles. The van der Waals surface area contributed by atoms with Crippen LogP contribution in [0.5, 0.6) is 0 Å². The van der Waals surface area contributed by atoms with Crippen LogP contribution in [0.25, 0.3) is 0 Å². The number of hydrogen-bond acceptors (Lipinski definition) is 5. The van der Waals surface area contributed by atoms with Crippen molar-refractivity contribution in [2.24, 2.45) is 0 Å². The first-order valence-corrected chi connectivity index (χ1v) is 7.72. The third kappa shape index (κ3) is 4.09. The van der Waals surface area contributed by atoms with Crippen molar-refractivity contribution in [1.82, 2.24) is 9.88 Å². The molecule has 1 heterocycles. The minimum absolute atomic E-state index is 0.138.